The van der Waals surface area contributed by atoms with E-state index in [9.17, 15) is 0 Å². The third-order valence-corrected chi connectivity index (χ3v) is 5.43. The summed E-state index contributed by atoms with van der Waals surface area (Å²) in [6.07, 6.45) is 2.15. The molecular weight excluding hydrogens is 348 g/mol. The summed E-state index contributed by atoms with van der Waals surface area (Å²) in [6.45, 7) is 8.88. The van der Waals surface area contributed by atoms with E-state index in [1.807, 2.05) is 6.07 Å². The summed E-state index contributed by atoms with van der Waals surface area (Å²) in [5.74, 6) is 0. The lowest BCUT2D eigenvalue weighted by Gasteiger charge is -2.41. The molecule has 3 heteroatoms. The zero-order valence-corrected chi connectivity index (χ0v) is 15.7. The fraction of sp³-hybridized carbons (Fsp3) is 0.300. The maximum absolute atomic E-state index is 6.28. The summed E-state index contributed by atoms with van der Waals surface area (Å²) >= 11 is 3.73. The van der Waals surface area contributed by atoms with Crippen LogP contribution in [0.5, 0.6) is 0 Å². The van der Waals surface area contributed by atoms with Crippen LogP contribution in [0.25, 0.3) is 5.70 Å². The number of anilines is 1. The normalized spacial score (nSPS) is 18.4. The quantitative estimate of drug-likeness (QED) is 0.773. The number of nitrogens with two attached hydrogens (primary N) is 1. The minimum Gasteiger partial charge on any atom is -0.398 e. The van der Waals surface area contributed by atoms with Gasteiger partial charge in [-0.15, -0.1) is 0 Å². The zero-order valence-electron chi connectivity index (χ0n) is 14.1. The smallest absolute Gasteiger partial charge is 0.0614 e. The van der Waals surface area contributed by atoms with E-state index < -0.39 is 0 Å². The van der Waals surface area contributed by atoms with Crippen molar-refractivity contribution in [1.29, 1.82) is 0 Å². The number of aryl methyl sites for hydroxylation is 2. The van der Waals surface area contributed by atoms with Gasteiger partial charge in [0.15, 0.2) is 0 Å². The Balaban J connectivity index is 2.17. The molecule has 0 aliphatic carbocycles. The molecule has 3 rings (SSSR count). The van der Waals surface area contributed by atoms with E-state index in [4.69, 9.17) is 5.73 Å². The van der Waals surface area contributed by atoms with Gasteiger partial charge >= 0.3 is 0 Å². The first-order valence-corrected chi connectivity index (χ1v) is 8.81. The van der Waals surface area contributed by atoms with Crippen LogP contribution in [0.1, 0.15) is 42.1 Å². The molecule has 2 N–H and O–H groups in total. The van der Waals surface area contributed by atoms with Crippen LogP contribution in [0, 0.1) is 13.8 Å². The van der Waals surface area contributed by atoms with Crippen LogP contribution >= 0.6 is 15.9 Å². The molecule has 0 aromatic heterocycles. The van der Waals surface area contributed by atoms with E-state index in [2.05, 4.69) is 84.9 Å². The number of hydrogen-bond donors (Lipinski definition) is 1. The Morgan fingerprint density at radius 2 is 1.70 bits per heavy atom. The van der Waals surface area contributed by atoms with Crippen LogP contribution in [-0.4, -0.2) is 6.04 Å². The number of para-hydroxylation sites is 1. The van der Waals surface area contributed by atoms with Crippen LogP contribution in [0.15, 0.2) is 46.9 Å². The molecule has 0 spiro atoms. The average molecular weight is 371 g/mol. The minimum atomic E-state index is 0.246. The van der Waals surface area contributed by atoms with Gasteiger partial charge in [-0.25, -0.2) is 0 Å². The number of rotatable bonds is 2. The van der Waals surface area contributed by atoms with Crippen LogP contribution in [-0.2, 0) is 0 Å². The van der Waals surface area contributed by atoms with Crippen molar-refractivity contribution in [3.63, 3.8) is 0 Å². The fourth-order valence-electron chi connectivity index (χ4n) is 3.82. The summed E-state index contributed by atoms with van der Waals surface area (Å²) in [6, 6.07) is 13.3. The minimum absolute atomic E-state index is 0.246. The Hall–Kier alpha value is -1.74. The molecule has 1 heterocycles. The van der Waals surface area contributed by atoms with Crippen molar-refractivity contribution in [2.24, 2.45) is 5.73 Å². The monoisotopic (exact) mass is 370 g/mol. The Labute approximate surface area is 147 Å². The lowest BCUT2D eigenvalue weighted by molar-refractivity contribution is 0.618. The van der Waals surface area contributed by atoms with Gasteiger partial charge < -0.3 is 10.6 Å². The SMILES string of the molecule is Cc1cccc(C)c1[C@H](C)N1c2c(Br)cccc2C(N)=CC1C. The standard InChI is InChI=1S/C20H23BrN2/c1-12-7-5-8-13(2)19(12)15(4)23-14(3)11-18(22)16-9-6-10-17(21)20(16)23/h5-11,14-15H,22H2,1-4H3/t14?,15-/m0/s1. The van der Waals surface area contributed by atoms with Gasteiger partial charge in [-0.3, -0.25) is 0 Å². The van der Waals surface area contributed by atoms with E-state index in [1.54, 1.807) is 0 Å². The van der Waals surface area contributed by atoms with E-state index >= 15 is 0 Å². The van der Waals surface area contributed by atoms with E-state index in [1.165, 1.54) is 22.4 Å². The van der Waals surface area contributed by atoms with E-state index in [0.29, 0.717) is 0 Å². The van der Waals surface area contributed by atoms with Crippen molar-refractivity contribution in [2.45, 2.75) is 39.8 Å². The van der Waals surface area contributed by atoms with Gasteiger partial charge in [0.25, 0.3) is 0 Å². The van der Waals surface area contributed by atoms with Gasteiger partial charge in [-0.2, -0.15) is 0 Å². The second kappa shape index (κ2) is 6.04. The first kappa shape index (κ1) is 16.1. The topological polar surface area (TPSA) is 29.3 Å². The zero-order chi connectivity index (χ0) is 16.7. The summed E-state index contributed by atoms with van der Waals surface area (Å²) in [5.41, 5.74) is 13.5. The molecule has 23 heavy (non-hydrogen) atoms. The third kappa shape index (κ3) is 2.67. The number of hydrogen-bond acceptors (Lipinski definition) is 2. The number of benzene rings is 2. The molecule has 120 valence electrons. The molecule has 0 fully saturated rings. The van der Waals surface area contributed by atoms with Crippen molar-refractivity contribution in [3.8, 4) is 0 Å². The first-order chi connectivity index (χ1) is 10.9. The third-order valence-electron chi connectivity index (χ3n) is 4.79. The molecule has 2 aromatic carbocycles. The van der Waals surface area contributed by atoms with Crippen molar-refractivity contribution < 1.29 is 0 Å². The highest BCUT2D eigenvalue weighted by Gasteiger charge is 2.30. The van der Waals surface area contributed by atoms with Crippen LogP contribution in [0.4, 0.5) is 5.69 Å². The molecule has 1 unspecified atom stereocenters. The van der Waals surface area contributed by atoms with Crippen LogP contribution < -0.4 is 10.6 Å². The van der Waals surface area contributed by atoms with E-state index in [-0.39, 0.29) is 12.1 Å². The van der Waals surface area contributed by atoms with Gasteiger partial charge in [-0.05, 0) is 72.5 Å². The van der Waals surface area contributed by atoms with Crippen molar-refractivity contribution in [1.82, 2.24) is 0 Å². The molecule has 0 radical (unpaired) electrons. The molecule has 2 nitrogen and oxygen atoms in total. The molecular formula is C20H23BrN2. The van der Waals surface area contributed by atoms with E-state index in [0.717, 1.165) is 15.7 Å². The highest BCUT2D eigenvalue weighted by Crippen LogP contribution is 2.43. The maximum atomic E-state index is 6.28. The highest BCUT2D eigenvalue weighted by molar-refractivity contribution is 9.10. The predicted molar refractivity (Wildman–Crippen MR) is 103 cm³/mol. The molecule has 0 saturated heterocycles. The average Bonchev–Trinajstić information content (AvgIpc) is 2.48. The number of halogens is 1. The van der Waals surface area contributed by atoms with Crippen molar-refractivity contribution in [3.05, 3.63) is 69.2 Å². The van der Waals surface area contributed by atoms with Gasteiger partial charge in [0, 0.05) is 21.8 Å². The van der Waals surface area contributed by atoms with Gasteiger partial charge in [0.05, 0.1) is 11.7 Å². The fourth-order valence-corrected chi connectivity index (χ4v) is 4.39. The first-order valence-electron chi connectivity index (χ1n) is 8.02. The van der Waals surface area contributed by atoms with Gasteiger partial charge in [0.1, 0.15) is 0 Å². The van der Waals surface area contributed by atoms with Crippen LogP contribution in [0.2, 0.25) is 0 Å². The second-order valence-corrected chi connectivity index (χ2v) is 7.24. The Bertz CT molecular complexity index is 759. The molecule has 1 aliphatic rings. The summed E-state index contributed by atoms with van der Waals surface area (Å²) in [7, 11) is 0. The van der Waals surface area contributed by atoms with Crippen molar-refractivity contribution in [2.75, 3.05) is 4.90 Å². The lowest BCUT2D eigenvalue weighted by Crippen LogP contribution is -2.38. The van der Waals surface area contributed by atoms with Gasteiger partial charge in [-0.1, -0.05) is 30.3 Å². The lowest BCUT2D eigenvalue weighted by atomic mass is 9.92. The molecule has 1 aliphatic heterocycles. The second-order valence-electron chi connectivity index (χ2n) is 6.39. The maximum Gasteiger partial charge on any atom is 0.0614 e. The largest absolute Gasteiger partial charge is 0.398 e. The predicted octanol–water partition coefficient (Wildman–Crippen LogP) is 5.34. The van der Waals surface area contributed by atoms with Crippen molar-refractivity contribution >= 4 is 27.3 Å². The Kier molecular flexibility index (Phi) is 4.24. The molecule has 0 bridgehead atoms. The molecule has 0 amide bonds. The summed E-state index contributed by atoms with van der Waals surface area (Å²) < 4.78 is 1.09. The molecule has 0 saturated carbocycles. The number of nitrogens with zero attached hydrogens (tertiary/aromatic N) is 1. The Morgan fingerprint density at radius 3 is 2.35 bits per heavy atom. The van der Waals surface area contributed by atoms with Crippen LogP contribution in [0.3, 0.4) is 0 Å². The molecule has 2 aromatic rings. The number of fused-ring (bicyclic) bond motifs is 1. The molecule has 2 atom stereocenters. The Morgan fingerprint density at radius 1 is 1.09 bits per heavy atom. The highest BCUT2D eigenvalue weighted by atomic mass is 79.9. The summed E-state index contributed by atoms with van der Waals surface area (Å²) in [5, 5.41) is 0. The summed E-state index contributed by atoms with van der Waals surface area (Å²) in [4.78, 5) is 2.46. The van der Waals surface area contributed by atoms with Gasteiger partial charge in [0.2, 0.25) is 0 Å².